The van der Waals surface area contributed by atoms with E-state index < -0.39 is 46.1 Å². The third-order valence-electron chi connectivity index (χ3n) is 5.95. The van der Waals surface area contributed by atoms with Crippen molar-refractivity contribution in [2.45, 2.75) is 38.4 Å². The maximum Gasteiger partial charge on any atom is 0.425 e. The van der Waals surface area contributed by atoms with Crippen LogP contribution in [0.5, 0.6) is 0 Å². The Morgan fingerprint density at radius 1 is 1.03 bits per heavy atom. The van der Waals surface area contributed by atoms with E-state index in [1.165, 1.54) is 24.3 Å². The van der Waals surface area contributed by atoms with Crippen LogP contribution in [0.2, 0.25) is 5.02 Å². The lowest BCUT2D eigenvalue weighted by molar-refractivity contribution is -0.186. The molecule has 0 fully saturated rings. The number of ketones is 1. The highest BCUT2D eigenvalue weighted by Gasteiger charge is 2.72. The first kappa shape index (κ1) is 23.9. The van der Waals surface area contributed by atoms with E-state index in [1.54, 1.807) is 13.8 Å². The highest BCUT2D eigenvalue weighted by molar-refractivity contribution is 6.34. The fraction of sp³-hybridized carbons (Fsp3) is 0.292. The van der Waals surface area contributed by atoms with Crippen molar-refractivity contribution in [1.29, 1.82) is 0 Å². The number of hydrogen-bond donors (Lipinski definition) is 1. The number of amides is 2. The molecule has 2 aromatic rings. The number of rotatable bonds is 3. The van der Waals surface area contributed by atoms with Gasteiger partial charge < -0.3 is 5.32 Å². The van der Waals surface area contributed by atoms with Crippen LogP contribution in [0.1, 0.15) is 37.0 Å². The van der Waals surface area contributed by atoms with Gasteiger partial charge in [-0.3, -0.25) is 19.3 Å². The Morgan fingerprint density at radius 2 is 1.65 bits per heavy atom. The smallest absolute Gasteiger partial charge is 0.326 e. The molecule has 0 spiro atoms. The monoisotopic (exact) mass is 494 g/mol. The highest BCUT2D eigenvalue weighted by atomic mass is 35.5. The molecule has 1 aliphatic carbocycles. The number of carbonyl (C=O) groups is 3. The van der Waals surface area contributed by atoms with Gasteiger partial charge in [-0.1, -0.05) is 37.6 Å². The lowest BCUT2D eigenvalue weighted by atomic mass is 9.72. The van der Waals surface area contributed by atoms with E-state index in [2.05, 4.69) is 0 Å². The van der Waals surface area contributed by atoms with Gasteiger partial charge in [0.15, 0.2) is 5.78 Å². The molecule has 2 amide bonds. The highest BCUT2D eigenvalue weighted by Crippen LogP contribution is 2.52. The van der Waals surface area contributed by atoms with Gasteiger partial charge in [-0.25, -0.2) is 4.39 Å². The molecule has 0 saturated carbocycles. The van der Waals surface area contributed by atoms with Crippen LogP contribution in [-0.4, -0.2) is 29.3 Å². The zero-order chi connectivity index (χ0) is 25.1. The van der Waals surface area contributed by atoms with Crippen LogP contribution in [0.3, 0.4) is 0 Å². The molecule has 0 radical (unpaired) electrons. The largest absolute Gasteiger partial charge is 0.425 e. The molecule has 1 atom stereocenters. The summed E-state index contributed by atoms with van der Waals surface area (Å²) in [5.74, 6) is -4.38. The topological polar surface area (TPSA) is 66.5 Å². The predicted octanol–water partition coefficient (Wildman–Crippen LogP) is 5.20. The first-order valence-corrected chi connectivity index (χ1v) is 10.7. The molecule has 0 saturated heterocycles. The number of alkyl halides is 3. The minimum Gasteiger partial charge on any atom is -0.326 e. The van der Waals surface area contributed by atoms with E-state index in [1.807, 2.05) is 5.32 Å². The molecule has 0 bridgehead atoms. The molecule has 1 aliphatic heterocycles. The lowest BCUT2D eigenvalue weighted by Gasteiger charge is -2.35. The molecule has 1 unspecified atom stereocenters. The van der Waals surface area contributed by atoms with Crippen LogP contribution >= 0.6 is 11.6 Å². The number of Topliss-reactive ketones (excluding diaryl/α,β-unsaturated/α-hetero) is 1. The Kier molecular flexibility index (Phi) is 5.59. The summed E-state index contributed by atoms with van der Waals surface area (Å²) in [5.41, 5.74) is -5.71. The number of hydrogen-bond acceptors (Lipinski definition) is 3. The summed E-state index contributed by atoms with van der Waals surface area (Å²) in [6, 6.07) is 9.70. The molecule has 178 valence electrons. The molecule has 1 heterocycles. The number of nitrogens with one attached hydrogen (secondary N) is 1. The second-order valence-electron chi connectivity index (χ2n) is 9.06. The Bertz CT molecular complexity index is 1240. The third kappa shape index (κ3) is 3.68. The quantitative estimate of drug-likeness (QED) is 0.596. The van der Waals surface area contributed by atoms with E-state index in [-0.39, 0.29) is 34.8 Å². The summed E-state index contributed by atoms with van der Waals surface area (Å²) >= 11 is 5.99. The minimum atomic E-state index is -5.37. The van der Waals surface area contributed by atoms with Gasteiger partial charge in [-0.15, -0.1) is 0 Å². The first-order valence-electron chi connectivity index (χ1n) is 10.3. The molecular weight excluding hydrogens is 476 g/mol. The number of allylic oxidation sites excluding steroid dienone is 1. The molecule has 10 heteroatoms. The van der Waals surface area contributed by atoms with Crippen molar-refractivity contribution in [2.24, 2.45) is 5.41 Å². The van der Waals surface area contributed by atoms with E-state index in [0.717, 1.165) is 29.2 Å². The van der Waals surface area contributed by atoms with Crippen LogP contribution < -0.4 is 10.2 Å². The van der Waals surface area contributed by atoms with Crippen LogP contribution in [-0.2, 0) is 9.59 Å². The summed E-state index contributed by atoms with van der Waals surface area (Å²) in [5, 5.41) is 1.69. The minimum absolute atomic E-state index is 0.0447. The van der Waals surface area contributed by atoms with Gasteiger partial charge >= 0.3 is 6.18 Å². The van der Waals surface area contributed by atoms with Crippen molar-refractivity contribution >= 4 is 34.9 Å². The van der Waals surface area contributed by atoms with Crippen molar-refractivity contribution in [1.82, 2.24) is 5.32 Å². The Labute approximate surface area is 197 Å². The number of halogens is 5. The van der Waals surface area contributed by atoms with Crippen LogP contribution in [0, 0.1) is 11.2 Å². The standard InChI is InChI=1S/C24H19ClF4N2O3/c1-22(2)11-17-19(18(32)12-22)23(24(27,28)29,30-20(33)15-5-3-4-6-16(15)25)21(34)31(17)14-9-7-13(26)8-10-14/h3-10H,11-12H2,1-2H3,(H,30,33). The van der Waals surface area contributed by atoms with Crippen molar-refractivity contribution < 1.29 is 31.9 Å². The van der Waals surface area contributed by atoms with Crippen LogP contribution in [0.15, 0.2) is 59.8 Å². The summed E-state index contributed by atoms with van der Waals surface area (Å²) in [6.45, 7) is 3.38. The summed E-state index contributed by atoms with van der Waals surface area (Å²) in [4.78, 5) is 40.5. The van der Waals surface area contributed by atoms with Crippen molar-refractivity contribution in [3.8, 4) is 0 Å². The fourth-order valence-corrected chi connectivity index (χ4v) is 4.72. The Hall–Kier alpha value is -3.20. The average Bonchev–Trinajstić information content (AvgIpc) is 2.96. The Morgan fingerprint density at radius 3 is 2.24 bits per heavy atom. The maximum atomic E-state index is 14.8. The van der Waals surface area contributed by atoms with Crippen molar-refractivity contribution in [2.75, 3.05) is 4.90 Å². The van der Waals surface area contributed by atoms with Gasteiger partial charge in [-0.05, 0) is 48.2 Å². The molecule has 1 N–H and O–H groups in total. The Balaban J connectivity index is 1.95. The van der Waals surface area contributed by atoms with E-state index in [4.69, 9.17) is 11.6 Å². The summed E-state index contributed by atoms with van der Waals surface area (Å²) in [6.07, 6.45) is -5.67. The molecule has 2 aromatic carbocycles. The zero-order valence-electron chi connectivity index (χ0n) is 18.1. The third-order valence-corrected chi connectivity index (χ3v) is 6.28. The summed E-state index contributed by atoms with van der Waals surface area (Å²) < 4.78 is 57.9. The lowest BCUT2D eigenvalue weighted by Crippen LogP contribution is -2.66. The zero-order valence-corrected chi connectivity index (χ0v) is 18.9. The molecule has 2 aliphatic rings. The second-order valence-corrected chi connectivity index (χ2v) is 9.47. The van der Waals surface area contributed by atoms with Gasteiger partial charge in [0.05, 0.1) is 16.2 Å². The fourth-order valence-electron chi connectivity index (χ4n) is 4.50. The van der Waals surface area contributed by atoms with Crippen molar-refractivity contribution in [3.63, 3.8) is 0 Å². The molecular formula is C24H19ClF4N2O3. The number of carbonyl (C=O) groups excluding carboxylic acids is 3. The second kappa shape index (κ2) is 7.94. The van der Waals surface area contributed by atoms with Gasteiger partial charge in [-0.2, -0.15) is 13.2 Å². The number of nitrogens with zero attached hydrogens (tertiary/aromatic N) is 1. The first-order chi connectivity index (χ1) is 15.8. The van der Waals surface area contributed by atoms with Gasteiger partial charge in [0.1, 0.15) is 5.82 Å². The van der Waals surface area contributed by atoms with Crippen LogP contribution in [0.25, 0.3) is 0 Å². The van der Waals surface area contributed by atoms with Crippen LogP contribution in [0.4, 0.5) is 23.2 Å². The molecule has 4 rings (SSSR count). The maximum absolute atomic E-state index is 14.8. The number of benzene rings is 2. The predicted molar refractivity (Wildman–Crippen MR) is 117 cm³/mol. The van der Waals surface area contributed by atoms with E-state index in [9.17, 15) is 31.9 Å². The summed E-state index contributed by atoms with van der Waals surface area (Å²) in [7, 11) is 0. The van der Waals surface area contributed by atoms with E-state index in [0.29, 0.717) is 0 Å². The van der Waals surface area contributed by atoms with Gasteiger partial charge in [0.25, 0.3) is 11.8 Å². The molecule has 5 nitrogen and oxygen atoms in total. The molecule has 34 heavy (non-hydrogen) atoms. The molecule has 0 aromatic heterocycles. The average molecular weight is 495 g/mol. The van der Waals surface area contributed by atoms with E-state index >= 15 is 0 Å². The van der Waals surface area contributed by atoms with Crippen molar-refractivity contribution in [3.05, 3.63) is 76.2 Å². The number of anilines is 1. The van der Waals surface area contributed by atoms with Gasteiger partial charge in [0.2, 0.25) is 5.54 Å². The van der Waals surface area contributed by atoms with Gasteiger partial charge in [0, 0.05) is 17.8 Å². The normalized spacial score (nSPS) is 22.1. The SMILES string of the molecule is CC1(C)CC(=O)C2=C(C1)N(c1ccc(F)cc1)C(=O)C2(NC(=O)c1ccccc1Cl)C(F)(F)F.